The average Bonchev–Trinajstić information content (AvgIpc) is 2.59. The van der Waals surface area contributed by atoms with Gasteiger partial charge < -0.3 is 0 Å². The van der Waals surface area contributed by atoms with Crippen molar-refractivity contribution in [2.45, 2.75) is 18.8 Å². The van der Waals surface area contributed by atoms with Crippen molar-refractivity contribution in [3.05, 3.63) is 40.5 Å². The molecule has 0 aromatic heterocycles. The second-order valence-corrected chi connectivity index (χ2v) is 3.70. The van der Waals surface area contributed by atoms with Crippen LogP contribution in [0.4, 0.5) is 26.3 Å². The van der Waals surface area contributed by atoms with Crippen LogP contribution >= 0.6 is 0 Å². The van der Waals surface area contributed by atoms with Crippen LogP contribution in [-0.4, -0.2) is 0 Å². The molecule has 1 aromatic carbocycles. The second kappa shape index (κ2) is 3.51. The van der Waals surface area contributed by atoms with Crippen LogP contribution in [0, 0.1) is 0 Å². The summed E-state index contributed by atoms with van der Waals surface area (Å²) in [7, 11) is 0. The Labute approximate surface area is 92.6 Å². The Morgan fingerprint density at radius 2 is 1.53 bits per heavy atom. The molecule has 17 heavy (non-hydrogen) atoms. The van der Waals surface area contributed by atoms with E-state index in [-0.39, 0.29) is 23.6 Å². The highest BCUT2D eigenvalue weighted by atomic mass is 19.4. The quantitative estimate of drug-likeness (QED) is 0.604. The molecule has 0 unspecified atom stereocenters. The van der Waals surface area contributed by atoms with Crippen LogP contribution in [0.3, 0.4) is 0 Å². The third-order valence-electron chi connectivity index (χ3n) is 2.52. The van der Waals surface area contributed by atoms with E-state index in [0.717, 1.165) is 6.07 Å². The van der Waals surface area contributed by atoms with Gasteiger partial charge in [0.2, 0.25) is 0 Å². The van der Waals surface area contributed by atoms with Crippen molar-refractivity contribution < 1.29 is 26.3 Å². The lowest BCUT2D eigenvalue weighted by molar-refractivity contribution is -0.143. The van der Waals surface area contributed by atoms with Crippen LogP contribution in [0.15, 0.2) is 18.2 Å². The maximum atomic E-state index is 12.6. The van der Waals surface area contributed by atoms with Crippen molar-refractivity contribution in [2.24, 2.45) is 0 Å². The Balaban J connectivity index is 2.65. The van der Waals surface area contributed by atoms with E-state index < -0.39 is 23.5 Å². The SMILES string of the molecule is FC(F)(F)c1cc2c(c(C(F)(F)F)c1)C=CC2. The number of hydrogen-bond donors (Lipinski definition) is 0. The molecule has 0 atom stereocenters. The first-order valence-electron chi connectivity index (χ1n) is 4.67. The highest BCUT2D eigenvalue weighted by molar-refractivity contribution is 5.65. The zero-order valence-electron chi connectivity index (χ0n) is 8.28. The van der Waals surface area contributed by atoms with E-state index in [1.807, 2.05) is 0 Å². The van der Waals surface area contributed by atoms with Gasteiger partial charge >= 0.3 is 12.4 Å². The number of halogens is 6. The smallest absolute Gasteiger partial charge is 0.166 e. The van der Waals surface area contributed by atoms with Crippen LogP contribution in [0.2, 0.25) is 0 Å². The number of rotatable bonds is 0. The maximum Gasteiger partial charge on any atom is 0.417 e. The summed E-state index contributed by atoms with van der Waals surface area (Å²) >= 11 is 0. The molecule has 0 amide bonds. The number of fused-ring (bicyclic) bond motifs is 1. The predicted molar refractivity (Wildman–Crippen MR) is 49.2 cm³/mol. The molecule has 1 aliphatic rings. The fourth-order valence-corrected chi connectivity index (χ4v) is 1.78. The Kier molecular flexibility index (Phi) is 2.48. The zero-order chi connectivity index (χ0) is 12.8. The lowest BCUT2D eigenvalue weighted by Crippen LogP contribution is -2.13. The van der Waals surface area contributed by atoms with Crippen molar-refractivity contribution in [1.29, 1.82) is 0 Å². The molecule has 92 valence electrons. The Morgan fingerprint density at radius 3 is 2.06 bits per heavy atom. The molecule has 0 bridgehead atoms. The Hall–Kier alpha value is -1.46. The summed E-state index contributed by atoms with van der Waals surface area (Å²) in [5.41, 5.74) is -2.58. The third-order valence-corrected chi connectivity index (χ3v) is 2.52. The molecule has 0 nitrogen and oxygen atoms in total. The third kappa shape index (κ3) is 2.16. The van der Waals surface area contributed by atoms with E-state index in [0.29, 0.717) is 0 Å². The molecular weight excluding hydrogens is 246 g/mol. The van der Waals surface area contributed by atoms with Crippen LogP contribution in [0.25, 0.3) is 6.08 Å². The molecule has 0 heterocycles. The molecule has 1 aliphatic carbocycles. The lowest BCUT2D eigenvalue weighted by Gasteiger charge is -2.15. The first kappa shape index (κ1) is 12.0. The lowest BCUT2D eigenvalue weighted by atomic mass is 9.99. The van der Waals surface area contributed by atoms with E-state index in [1.54, 1.807) is 0 Å². The number of alkyl halides is 6. The van der Waals surface area contributed by atoms with Gasteiger partial charge in [-0.05, 0) is 29.7 Å². The van der Waals surface area contributed by atoms with Crippen molar-refractivity contribution in [2.75, 3.05) is 0 Å². The summed E-state index contributed by atoms with van der Waals surface area (Å²) in [4.78, 5) is 0. The summed E-state index contributed by atoms with van der Waals surface area (Å²) in [6, 6.07) is 0.930. The first-order chi connectivity index (χ1) is 7.69. The molecule has 0 N–H and O–H groups in total. The van der Waals surface area contributed by atoms with Gasteiger partial charge in [-0.2, -0.15) is 26.3 Å². The summed E-state index contributed by atoms with van der Waals surface area (Å²) in [6.45, 7) is 0. The van der Waals surface area contributed by atoms with E-state index in [4.69, 9.17) is 0 Å². The molecule has 0 saturated carbocycles. The fourth-order valence-electron chi connectivity index (χ4n) is 1.78. The van der Waals surface area contributed by atoms with Crippen LogP contribution in [-0.2, 0) is 18.8 Å². The second-order valence-electron chi connectivity index (χ2n) is 3.70. The first-order valence-corrected chi connectivity index (χ1v) is 4.67. The van der Waals surface area contributed by atoms with E-state index in [9.17, 15) is 26.3 Å². The van der Waals surface area contributed by atoms with Crippen molar-refractivity contribution >= 4 is 6.08 Å². The van der Waals surface area contributed by atoms with Gasteiger partial charge in [0, 0.05) is 0 Å². The van der Waals surface area contributed by atoms with Crippen molar-refractivity contribution in [1.82, 2.24) is 0 Å². The molecule has 1 aromatic rings. The fraction of sp³-hybridized carbons (Fsp3) is 0.273. The zero-order valence-corrected chi connectivity index (χ0v) is 8.28. The van der Waals surface area contributed by atoms with Crippen LogP contribution in [0.1, 0.15) is 22.3 Å². The van der Waals surface area contributed by atoms with Crippen LogP contribution in [0.5, 0.6) is 0 Å². The summed E-state index contributed by atoms with van der Waals surface area (Å²) in [5, 5.41) is 0. The predicted octanol–water partition coefficient (Wildman–Crippen LogP) is 4.29. The van der Waals surface area contributed by atoms with Crippen molar-refractivity contribution in [3.63, 3.8) is 0 Å². The highest BCUT2D eigenvalue weighted by Crippen LogP contribution is 2.40. The number of benzene rings is 1. The number of allylic oxidation sites excluding steroid dienone is 1. The molecule has 0 spiro atoms. The molecule has 0 radical (unpaired) electrons. The molecular formula is C11H6F6. The standard InChI is InChI=1S/C11H6F6/c12-10(13,14)7-4-6-2-1-3-8(6)9(5-7)11(15,16)17/h1,3-5H,2H2. The topological polar surface area (TPSA) is 0 Å². The largest absolute Gasteiger partial charge is 0.417 e. The van der Waals surface area contributed by atoms with Crippen LogP contribution < -0.4 is 0 Å². The Morgan fingerprint density at radius 1 is 0.882 bits per heavy atom. The van der Waals surface area contributed by atoms with Gasteiger partial charge in [0.15, 0.2) is 0 Å². The van der Waals surface area contributed by atoms with Gasteiger partial charge in [0.25, 0.3) is 0 Å². The number of hydrogen-bond acceptors (Lipinski definition) is 0. The average molecular weight is 252 g/mol. The molecule has 0 fully saturated rings. The highest BCUT2D eigenvalue weighted by Gasteiger charge is 2.39. The van der Waals surface area contributed by atoms with E-state index in [1.165, 1.54) is 12.2 Å². The minimum absolute atomic E-state index is 0.0622. The summed E-state index contributed by atoms with van der Waals surface area (Å²) < 4.78 is 75.1. The van der Waals surface area contributed by atoms with E-state index >= 15 is 0 Å². The summed E-state index contributed by atoms with van der Waals surface area (Å²) in [6.07, 6.45) is -6.82. The Bertz CT molecular complexity index is 478. The van der Waals surface area contributed by atoms with Gasteiger partial charge in [0.05, 0.1) is 11.1 Å². The van der Waals surface area contributed by atoms with Gasteiger partial charge in [-0.3, -0.25) is 0 Å². The molecule has 0 aliphatic heterocycles. The van der Waals surface area contributed by atoms with E-state index in [2.05, 4.69) is 0 Å². The van der Waals surface area contributed by atoms with Crippen molar-refractivity contribution in [3.8, 4) is 0 Å². The van der Waals surface area contributed by atoms with Gasteiger partial charge in [0.1, 0.15) is 0 Å². The maximum absolute atomic E-state index is 12.6. The minimum atomic E-state index is -4.78. The normalized spacial score (nSPS) is 15.2. The molecule has 2 rings (SSSR count). The van der Waals surface area contributed by atoms with Gasteiger partial charge in [-0.1, -0.05) is 12.2 Å². The molecule has 6 heteroatoms. The van der Waals surface area contributed by atoms with Gasteiger partial charge in [-0.25, -0.2) is 0 Å². The van der Waals surface area contributed by atoms with Gasteiger partial charge in [-0.15, -0.1) is 0 Å². The molecule has 0 saturated heterocycles. The summed E-state index contributed by atoms with van der Waals surface area (Å²) in [5.74, 6) is 0. The minimum Gasteiger partial charge on any atom is -0.166 e. The monoisotopic (exact) mass is 252 g/mol.